The summed E-state index contributed by atoms with van der Waals surface area (Å²) in [5.41, 5.74) is 3.20. The van der Waals surface area contributed by atoms with Gasteiger partial charge in [0, 0.05) is 30.4 Å². The topological polar surface area (TPSA) is 68.7 Å². The molecule has 0 N–H and O–H groups in total. The average Bonchev–Trinajstić information content (AvgIpc) is 3.17. The van der Waals surface area contributed by atoms with Crippen LogP contribution in [0.1, 0.15) is 13.8 Å². The van der Waals surface area contributed by atoms with Gasteiger partial charge in [-0.25, -0.2) is 4.98 Å². The first kappa shape index (κ1) is 19.6. The highest BCUT2D eigenvalue weighted by atomic mass is 32.1. The third kappa shape index (κ3) is 3.89. The van der Waals surface area contributed by atoms with E-state index in [0.29, 0.717) is 17.2 Å². The molecule has 0 fully saturated rings. The molecule has 0 saturated carbocycles. The first-order chi connectivity index (χ1) is 13.4. The Hall–Kier alpha value is -3.19. The van der Waals surface area contributed by atoms with Crippen LogP contribution in [0.2, 0.25) is 0 Å². The lowest BCUT2D eigenvalue weighted by Crippen LogP contribution is -2.32. The minimum absolute atomic E-state index is 0.315. The zero-order valence-corrected chi connectivity index (χ0v) is 16.9. The van der Waals surface area contributed by atoms with Crippen LogP contribution in [-0.2, 0) is 9.59 Å². The molecule has 0 unspecified atom stereocenters. The molecule has 0 saturated heterocycles. The summed E-state index contributed by atoms with van der Waals surface area (Å²) in [6.07, 6.45) is 0. The normalized spacial score (nSPS) is 10.4. The van der Waals surface area contributed by atoms with Crippen molar-refractivity contribution in [2.75, 3.05) is 19.1 Å². The number of aromatic nitrogens is 1. The van der Waals surface area contributed by atoms with Crippen LogP contribution >= 0.6 is 11.3 Å². The van der Waals surface area contributed by atoms with Gasteiger partial charge in [0.1, 0.15) is 5.01 Å². The molecule has 1 heterocycles. The summed E-state index contributed by atoms with van der Waals surface area (Å²) in [5, 5.41) is 2.82. The second-order valence-electron chi connectivity index (χ2n) is 6.03. The van der Waals surface area contributed by atoms with Crippen molar-refractivity contribution in [3.8, 4) is 33.3 Å². The van der Waals surface area contributed by atoms with Gasteiger partial charge in [-0.3, -0.25) is 14.5 Å². The Labute approximate surface area is 167 Å². The number of benzene rings is 2. The fourth-order valence-corrected chi connectivity index (χ4v) is 3.70. The van der Waals surface area contributed by atoms with Crippen molar-refractivity contribution < 1.29 is 19.1 Å². The number of thiazole rings is 1. The molecule has 7 heteroatoms. The first-order valence-corrected chi connectivity index (χ1v) is 9.42. The summed E-state index contributed by atoms with van der Waals surface area (Å²) in [5.74, 6) is 0.683. The number of hydrogen-bond donors (Lipinski definition) is 0. The number of carbonyl (C=O) groups excluding carboxylic acids is 2. The number of amides is 2. The number of anilines is 1. The maximum Gasteiger partial charge on any atom is 0.230 e. The van der Waals surface area contributed by atoms with Gasteiger partial charge < -0.3 is 9.47 Å². The number of imide groups is 1. The second kappa shape index (κ2) is 8.22. The number of rotatable bonds is 5. The quantitative estimate of drug-likeness (QED) is 0.640. The Bertz CT molecular complexity index is 997. The van der Waals surface area contributed by atoms with E-state index in [1.165, 1.54) is 25.2 Å². The smallest absolute Gasteiger partial charge is 0.230 e. The molecule has 3 rings (SSSR count). The monoisotopic (exact) mass is 396 g/mol. The van der Waals surface area contributed by atoms with E-state index in [2.05, 4.69) is 0 Å². The Kier molecular flexibility index (Phi) is 5.75. The van der Waals surface area contributed by atoms with Crippen molar-refractivity contribution >= 4 is 28.8 Å². The molecule has 144 valence electrons. The number of hydrogen-bond acceptors (Lipinski definition) is 6. The van der Waals surface area contributed by atoms with Gasteiger partial charge in [-0.1, -0.05) is 12.1 Å². The van der Waals surface area contributed by atoms with Gasteiger partial charge in [0.05, 0.1) is 25.6 Å². The van der Waals surface area contributed by atoms with Gasteiger partial charge in [-0.2, -0.15) is 0 Å². The molecule has 0 aliphatic rings. The highest BCUT2D eigenvalue weighted by molar-refractivity contribution is 7.13. The largest absolute Gasteiger partial charge is 0.493 e. The molecule has 0 radical (unpaired) electrons. The van der Waals surface area contributed by atoms with Crippen molar-refractivity contribution in [1.29, 1.82) is 0 Å². The molecule has 0 aliphatic carbocycles. The second-order valence-corrected chi connectivity index (χ2v) is 6.89. The number of carbonyl (C=O) groups is 2. The number of methoxy groups -OCH3 is 2. The van der Waals surface area contributed by atoms with Gasteiger partial charge in [-0.05, 0) is 30.3 Å². The highest BCUT2D eigenvalue weighted by Gasteiger charge is 2.16. The lowest BCUT2D eigenvalue weighted by Gasteiger charge is -2.17. The maximum atomic E-state index is 11.7. The molecule has 6 nitrogen and oxygen atoms in total. The lowest BCUT2D eigenvalue weighted by atomic mass is 10.1. The van der Waals surface area contributed by atoms with E-state index >= 15 is 0 Å². The molecule has 0 spiro atoms. The van der Waals surface area contributed by atoms with Gasteiger partial charge >= 0.3 is 0 Å². The van der Waals surface area contributed by atoms with E-state index in [4.69, 9.17) is 14.5 Å². The predicted octanol–water partition coefficient (Wildman–Crippen LogP) is 4.39. The van der Waals surface area contributed by atoms with Crippen LogP contribution in [0.15, 0.2) is 47.8 Å². The molecule has 1 aromatic heterocycles. The fraction of sp³-hybridized carbons (Fsp3) is 0.190. The van der Waals surface area contributed by atoms with Gasteiger partial charge in [0.2, 0.25) is 11.8 Å². The predicted molar refractivity (Wildman–Crippen MR) is 110 cm³/mol. The molecular formula is C21H20N2O4S. The standard InChI is InChI=1S/C21H20N2O4S/c1-13(24)23(14(2)25)17-8-5-15(6-9-17)18-12-28-21(22-18)16-7-10-19(26-3)20(11-16)27-4/h5-12H,1-4H3. The maximum absolute atomic E-state index is 11.7. The molecule has 28 heavy (non-hydrogen) atoms. The number of nitrogens with zero attached hydrogens (tertiary/aromatic N) is 2. The van der Waals surface area contributed by atoms with Crippen molar-refractivity contribution in [3.05, 3.63) is 47.8 Å². The van der Waals surface area contributed by atoms with Crippen molar-refractivity contribution in [3.63, 3.8) is 0 Å². The molecule has 2 amide bonds. The summed E-state index contributed by atoms with van der Waals surface area (Å²) in [4.78, 5) is 29.2. The van der Waals surface area contributed by atoms with E-state index in [9.17, 15) is 9.59 Å². The zero-order chi connectivity index (χ0) is 20.3. The van der Waals surface area contributed by atoms with Crippen molar-refractivity contribution in [2.45, 2.75) is 13.8 Å². The van der Waals surface area contributed by atoms with E-state index in [1.54, 1.807) is 26.4 Å². The minimum Gasteiger partial charge on any atom is -0.493 e. The van der Waals surface area contributed by atoms with E-state index in [0.717, 1.165) is 26.7 Å². The van der Waals surface area contributed by atoms with Gasteiger partial charge in [0.25, 0.3) is 0 Å². The summed E-state index contributed by atoms with van der Waals surface area (Å²) < 4.78 is 10.6. The lowest BCUT2D eigenvalue weighted by molar-refractivity contribution is -0.124. The van der Waals surface area contributed by atoms with Crippen LogP contribution in [0.5, 0.6) is 11.5 Å². The van der Waals surface area contributed by atoms with Gasteiger partial charge in [0.15, 0.2) is 11.5 Å². The average molecular weight is 396 g/mol. The summed E-state index contributed by atoms with van der Waals surface area (Å²) in [6.45, 7) is 2.73. The van der Waals surface area contributed by atoms with Crippen LogP contribution in [0.4, 0.5) is 5.69 Å². The van der Waals surface area contributed by atoms with Crippen LogP contribution in [0, 0.1) is 0 Å². The Morgan fingerprint density at radius 1 is 0.893 bits per heavy atom. The summed E-state index contributed by atoms with van der Waals surface area (Å²) >= 11 is 1.52. The third-order valence-electron chi connectivity index (χ3n) is 4.19. The Morgan fingerprint density at radius 3 is 2.07 bits per heavy atom. The van der Waals surface area contributed by atoms with Crippen LogP contribution in [0.25, 0.3) is 21.8 Å². The third-order valence-corrected chi connectivity index (χ3v) is 5.08. The van der Waals surface area contributed by atoms with Crippen LogP contribution in [0.3, 0.4) is 0 Å². The van der Waals surface area contributed by atoms with Crippen LogP contribution < -0.4 is 14.4 Å². The van der Waals surface area contributed by atoms with E-state index in [1.807, 2.05) is 35.7 Å². The molecule has 0 atom stereocenters. The summed E-state index contributed by atoms with van der Waals surface area (Å²) in [6, 6.07) is 12.9. The Morgan fingerprint density at radius 2 is 1.50 bits per heavy atom. The van der Waals surface area contributed by atoms with E-state index < -0.39 is 0 Å². The summed E-state index contributed by atoms with van der Waals surface area (Å²) in [7, 11) is 3.20. The minimum atomic E-state index is -0.315. The SMILES string of the molecule is COc1ccc(-c2nc(-c3ccc(N(C(C)=O)C(C)=O)cc3)cs2)cc1OC. The molecular weight excluding hydrogens is 376 g/mol. The molecule has 3 aromatic rings. The van der Waals surface area contributed by atoms with E-state index in [-0.39, 0.29) is 11.8 Å². The molecule has 0 bridgehead atoms. The zero-order valence-electron chi connectivity index (χ0n) is 16.1. The van der Waals surface area contributed by atoms with Crippen LogP contribution in [-0.4, -0.2) is 31.0 Å². The highest BCUT2D eigenvalue weighted by Crippen LogP contribution is 2.35. The van der Waals surface area contributed by atoms with Gasteiger partial charge in [-0.15, -0.1) is 11.3 Å². The first-order valence-electron chi connectivity index (χ1n) is 8.54. The molecule has 2 aromatic carbocycles. The Balaban J connectivity index is 1.88. The van der Waals surface area contributed by atoms with Crippen molar-refractivity contribution in [1.82, 2.24) is 4.98 Å². The van der Waals surface area contributed by atoms with Crippen molar-refractivity contribution in [2.24, 2.45) is 0 Å². The number of ether oxygens (including phenoxy) is 2. The molecule has 0 aliphatic heterocycles. The fourth-order valence-electron chi connectivity index (χ4n) is 2.87.